The number of allylic oxidation sites excluding steroid dienone is 2. The van der Waals surface area contributed by atoms with E-state index in [2.05, 4.69) is 0 Å². The van der Waals surface area contributed by atoms with Crippen molar-refractivity contribution in [3.05, 3.63) is 48.0 Å². The number of hydrogen-bond donors (Lipinski definition) is 1. The van der Waals surface area contributed by atoms with Crippen LogP contribution in [0.5, 0.6) is 0 Å². The van der Waals surface area contributed by atoms with Crippen LogP contribution in [0.4, 0.5) is 0 Å². The number of carbonyl (C=O) groups excluding carboxylic acids is 1. The monoisotopic (exact) mass is 286 g/mol. The molecule has 1 saturated carbocycles. The van der Waals surface area contributed by atoms with Crippen molar-refractivity contribution >= 4 is 11.8 Å². The standard InChI is InChI=1S/C18H22O3/c19-17(11-9-14-5-2-1-3-6-14)12-10-15-7-4-8-16(15)13-18(20)21/h1-3,5-6,10,12,15-16H,4,7-9,11,13H2,(H,20,21)/b12-10+/t15?,16-/m1/s1. The number of aliphatic carboxylic acids is 1. The zero-order valence-corrected chi connectivity index (χ0v) is 12.2. The second-order valence-electron chi connectivity index (χ2n) is 5.76. The molecule has 0 saturated heterocycles. The molecule has 1 aromatic carbocycles. The van der Waals surface area contributed by atoms with Gasteiger partial charge in [-0.2, -0.15) is 0 Å². The van der Waals surface area contributed by atoms with Gasteiger partial charge in [-0.05, 0) is 42.7 Å². The SMILES string of the molecule is O=C(O)C[C@H]1CCCC1/C=C/C(=O)CCc1ccccc1. The highest BCUT2D eigenvalue weighted by atomic mass is 16.4. The summed E-state index contributed by atoms with van der Waals surface area (Å²) in [5.74, 6) is -0.169. The first kappa shape index (κ1) is 15.5. The molecular formula is C18H22O3. The van der Waals surface area contributed by atoms with Gasteiger partial charge in [0.1, 0.15) is 0 Å². The molecule has 3 heteroatoms. The number of carboxylic acids is 1. The van der Waals surface area contributed by atoms with Gasteiger partial charge in [0.2, 0.25) is 0 Å². The summed E-state index contributed by atoms with van der Waals surface area (Å²) < 4.78 is 0. The van der Waals surface area contributed by atoms with E-state index in [1.165, 1.54) is 5.56 Å². The largest absolute Gasteiger partial charge is 0.481 e. The van der Waals surface area contributed by atoms with Crippen LogP contribution in [0.25, 0.3) is 0 Å². The van der Waals surface area contributed by atoms with E-state index in [1.807, 2.05) is 36.4 Å². The quantitative estimate of drug-likeness (QED) is 0.779. The molecule has 0 aromatic heterocycles. The minimum absolute atomic E-state index is 0.125. The lowest BCUT2D eigenvalue weighted by Gasteiger charge is -2.13. The lowest BCUT2D eigenvalue weighted by atomic mass is 9.92. The van der Waals surface area contributed by atoms with Crippen LogP contribution in [0.15, 0.2) is 42.5 Å². The van der Waals surface area contributed by atoms with Gasteiger partial charge in [-0.3, -0.25) is 9.59 Å². The van der Waals surface area contributed by atoms with Crippen LogP contribution in [-0.4, -0.2) is 16.9 Å². The number of benzene rings is 1. The van der Waals surface area contributed by atoms with Crippen LogP contribution in [0.1, 0.15) is 37.7 Å². The highest BCUT2D eigenvalue weighted by Crippen LogP contribution is 2.35. The molecule has 1 unspecified atom stereocenters. The van der Waals surface area contributed by atoms with Crippen molar-refractivity contribution in [2.24, 2.45) is 11.8 Å². The topological polar surface area (TPSA) is 54.4 Å². The number of ketones is 1. The molecule has 1 N–H and O–H groups in total. The Kier molecular flexibility index (Phi) is 5.73. The molecular weight excluding hydrogens is 264 g/mol. The van der Waals surface area contributed by atoms with Gasteiger partial charge in [0, 0.05) is 12.8 Å². The van der Waals surface area contributed by atoms with E-state index in [-0.39, 0.29) is 24.0 Å². The first-order valence-corrected chi connectivity index (χ1v) is 7.62. The minimum Gasteiger partial charge on any atom is -0.481 e. The van der Waals surface area contributed by atoms with Gasteiger partial charge in [-0.15, -0.1) is 0 Å². The van der Waals surface area contributed by atoms with Crippen molar-refractivity contribution in [3.8, 4) is 0 Å². The lowest BCUT2D eigenvalue weighted by molar-refractivity contribution is -0.138. The van der Waals surface area contributed by atoms with Crippen LogP contribution in [0, 0.1) is 11.8 Å². The normalized spacial score (nSPS) is 21.7. The van der Waals surface area contributed by atoms with Crippen molar-refractivity contribution in [2.45, 2.75) is 38.5 Å². The van der Waals surface area contributed by atoms with Gasteiger partial charge in [0.15, 0.2) is 5.78 Å². The summed E-state index contributed by atoms with van der Waals surface area (Å²) in [5, 5.41) is 8.89. The predicted octanol–water partition coefficient (Wildman–Crippen LogP) is 3.64. The van der Waals surface area contributed by atoms with E-state index in [1.54, 1.807) is 6.08 Å². The van der Waals surface area contributed by atoms with Gasteiger partial charge >= 0.3 is 5.97 Å². The van der Waals surface area contributed by atoms with Crippen molar-refractivity contribution in [2.75, 3.05) is 0 Å². The number of rotatable bonds is 7. The maximum absolute atomic E-state index is 11.9. The molecule has 3 nitrogen and oxygen atoms in total. The minimum atomic E-state index is -0.740. The highest BCUT2D eigenvalue weighted by molar-refractivity contribution is 5.89. The second-order valence-corrected chi connectivity index (χ2v) is 5.76. The average molecular weight is 286 g/mol. The Morgan fingerprint density at radius 3 is 2.67 bits per heavy atom. The van der Waals surface area contributed by atoms with Crippen molar-refractivity contribution in [1.82, 2.24) is 0 Å². The second kappa shape index (κ2) is 7.77. The zero-order chi connectivity index (χ0) is 15.1. The van der Waals surface area contributed by atoms with Gasteiger partial charge in [0.25, 0.3) is 0 Å². The van der Waals surface area contributed by atoms with Crippen LogP contribution in [-0.2, 0) is 16.0 Å². The molecule has 0 spiro atoms. The fourth-order valence-electron chi connectivity index (χ4n) is 3.02. The third-order valence-electron chi connectivity index (χ3n) is 4.19. The van der Waals surface area contributed by atoms with Crippen molar-refractivity contribution in [1.29, 1.82) is 0 Å². The van der Waals surface area contributed by atoms with Gasteiger partial charge in [-0.1, -0.05) is 42.8 Å². The molecule has 0 heterocycles. The molecule has 2 rings (SSSR count). The molecule has 1 aliphatic carbocycles. The zero-order valence-electron chi connectivity index (χ0n) is 12.2. The molecule has 1 aliphatic rings. The summed E-state index contributed by atoms with van der Waals surface area (Å²) in [6, 6.07) is 9.97. The van der Waals surface area contributed by atoms with Crippen LogP contribution >= 0.6 is 0 Å². The van der Waals surface area contributed by atoms with E-state index < -0.39 is 5.97 Å². The first-order valence-electron chi connectivity index (χ1n) is 7.62. The molecule has 2 atom stereocenters. The molecule has 0 bridgehead atoms. The summed E-state index contributed by atoms with van der Waals surface area (Å²) in [6.45, 7) is 0. The first-order chi connectivity index (χ1) is 10.1. The Morgan fingerprint density at radius 1 is 1.19 bits per heavy atom. The third kappa shape index (κ3) is 5.18. The molecule has 0 radical (unpaired) electrons. The van der Waals surface area contributed by atoms with E-state index in [0.717, 1.165) is 25.7 Å². The van der Waals surface area contributed by atoms with Crippen LogP contribution in [0.2, 0.25) is 0 Å². The molecule has 1 aromatic rings. The maximum atomic E-state index is 11.9. The molecule has 112 valence electrons. The summed E-state index contributed by atoms with van der Waals surface area (Å²) in [5.41, 5.74) is 1.17. The maximum Gasteiger partial charge on any atom is 0.303 e. The number of carbonyl (C=O) groups is 2. The van der Waals surface area contributed by atoms with Gasteiger partial charge in [-0.25, -0.2) is 0 Å². The average Bonchev–Trinajstić information content (AvgIpc) is 2.90. The molecule has 0 amide bonds. The summed E-state index contributed by atoms with van der Waals surface area (Å²) in [6.07, 6.45) is 8.10. The Balaban J connectivity index is 1.80. The van der Waals surface area contributed by atoms with Gasteiger partial charge < -0.3 is 5.11 Å². The fourth-order valence-corrected chi connectivity index (χ4v) is 3.02. The fraction of sp³-hybridized carbons (Fsp3) is 0.444. The van der Waals surface area contributed by atoms with Crippen molar-refractivity contribution < 1.29 is 14.7 Å². The molecule has 21 heavy (non-hydrogen) atoms. The molecule has 0 aliphatic heterocycles. The third-order valence-corrected chi connectivity index (χ3v) is 4.19. The smallest absolute Gasteiger partial charge is 0.303 e. The number of carboxylic acid groups (broad SMARTS) is 1. The Morgan fingerprint density at radius 2 is 1.95 bits per heavy atom. The summed E-state index contributed by atoms with van der Waals surface area (Å²) >= 11 is 0. The lowest BCUT2D eigenvalue weighted by Crippen LogP contribution is -2.11. The summed E-state index contributed by atoms with van der Waals surface area (Å²) in [7, 11) is 0. The highest BCUT2D eigenvalue weighted by Gasteiger charge is 2.27. The number of hydrogen-bond acceptors (Lipinski definition) is 2. The summed E-state index contributed by atoms with van der Waals surface area (Å²) in [4.78, 5) is 22.7. The number of aryl methyl sites for hydroxylation is 1. The van der Waals surface area contributed by atoms with E-state index in [4.69, 9.17) is 5.11 Å². The van der Waals surface area contributed by atoms with Crippen LogP contribution < -0.4 is 0 Å². The predicted molar refractivity (Wildman–Crippen MR) is 82.0 cm³/mol. The van der Waals surface area contributed by atoms with Crippen molar-refractivity contribution in [3.63, 3.8) is 0 Å². The van der Waals surface area contributed by atoms with E-state index in [9.17, 15) is 9.59 Å². The van der Waals surface area contributed by atoms with E-state index in [0.29, 0.717) is 6.42 Å². The Labute approximate surface area is 125 Å². The van der Waals surface area contributed by atoms with E-state index >= 15 is 0 Å². The van der Waals surface area contributed by atoms with Gasteiger partial charge in [0.05, 0.1) is 0 Å². The Hall–Kier alpha value is -1.90. The Bertz CT molecular complexity index is 504. The molecule has 1 fully saturated rings. The van der Waals surface area contributed by atoms with Crippen LogP contribution in [0.3, 0.4) is 0 Å².